The van der Waals surface area contributed by atoms with Gasteiger partial charge in [-0.2, -0.15) is 0 Å². The molecular weight excluding hydrogens is 224 g/mol. The molecule has 0 aliphatic heterocycles. The van der Waals surface area contributed by atoms with Gasteiger partial charge in [0, 0.05) is 5.56 Å². The molecule has 0 atom stereocenters. The largest absolute Gasteiger partial charge is 0.493 e. The van der Waals surface area contributed by atoms with Crippen molar-refractivity contribution in [3.63, 3.8) is 0 Å². The van der Waals surface area contributed by atoms with Crippen molar-refractivity contribution < 1.29 is 4.74 Å². The monoisotopic (exact) mass is 242 g/mol. The molecule has 0 aliphatic carbocycles. The average Bonchev–Trinajstić information content (AvgIpc) is 2.37. The van der Waals surface area contributed by atoms with Gasteiger partial charge in [0.2, 0.25) is 0 Å². The molecule has 0 bridgehead atoms. The van der Waals surface area contributed by atoms with E-state index in [1.807, 2.05) is 37.3 Å². The van der Waals surface area contributed by atoms with Gasteiger partial charge in [-0.3, -0.25) is 4.98 Å². The molecule has 94 valence electrons. The molecule has 3 nitrogen and oxygen atoms in total. The molecule has 18 heavy (non-hydrogen) atoms. The molecule has 0 spiro atoms. The summed E-state index contributed by atoms with van der Waals surface area (Å²) in [5.41, 5.74) is 9.42. The van der Waals surface area contributed by atoms with E-state index in [2.05, 4.69) is 11.9 Å². The van der Waals surface area contributed by atoms with Crippen LogP contribution in [0.15, 0.2) is 36.5 Å². The molecule has 0 unspecified atom stereocenters. The van der Waals surface area contributed by atoms with Gasteiger partial charge in [-0.25, -0.2) is 0 Å². The van der Waals surface area contributed by atoms with E-state index in [1.54, 1.807) is 6.20 Å². The standard InChI is InChI=1S/C15H18N2O/c1-3-8-18-14-7-5-4-6-13(14)15-11(2)9-12(16)10-17-15/h4-7,9-10H,3,8,16H2,1-2H3. The van der Waals surface area contributed by atoms with Crippen LogP contribution in [-0.4, -0.2) is 11.6 Å². The van der Waals surface area contributed by atoms with Gasteiger partial charge in [-0.05, 0) is 37.1 Å². The third-order valence-electron chi connectivity index (χ3n) is 2.70. The van der Waals surface area contributed by atoms with Crippen molar-refractivity contribution in [1.82, 2.24) is 4.98 Å². The highest BCUT2D eigenvalue weighted by molar-refractivity contribution is 5.70. The number of nitrogen functional groups attached to an aromatic ring is 1. The Morgan fingerprint density at radius 1 is 1.28 bits per heavy atom. The highest BCUT2D eigenvalue weighted by Gasteiger charge is 2.09. The summed E-state index contributed by atoms with van der Waals surface area (Å²) in [6.07, 6.45) is 2.67. The van der Waals surface area contributed by atoms with Gasteiger partial charge in [0.1, 0.15) is 5.75 Å². The molecule has 0 saturated heterocycles. The van der Waals surface area contributed by atoms with Crippen LogP contribution >= 0.6 is 0 Å². The number of para-hydroxylation sites is 1. The highest BCUT2D eigenvalue weighted by Crippen LogP contribution is 2.31. The lowest BCUT2D eigenvalue weighted by Crippen LogP contribution is -1.99. The maximum absolute atomic E-state index is 5.75. The van der Waals surface area contributed by atoms with Crippen molar-refractivity contribution in [2.24, 2.45) is 0 Å². The number of ether oxygens (including phenoxy) is 1. The molecule has 2 aromatic rings. The smallest absolute Gasteiger partial charge is 0.128 e. The van der Waals surface area contributed by atoms with E-state index in [4.69, 9.17) is 10.5 Å². The number of nitrogens with zero attached hydrogens (tertiary/aromatic N) is 1. The Morgan fingerprint density at radius 3 is 2.78 bits per heavy atom. The molecule has 3 heteroatoms. The lowest BCUT2D eigenvalue weighted by Gasteiger charge is -2.12. The van der Waals surface area contributed by atoms with Crippen LogP contribution in [0.2, 0.25) is 0 Å². The minimum atomic E-state index is 0.684. The molecule has 0 amide bonds. The number of benzene rings is 1. The lowest BCUT2D eigenvalue weighted by molar-refractivity contribution is 0.318. The molecule has 0 aliphatic rings. The van der Waals surface area contributed by atoms with Gasteiger partial charge in [0.15, 0.2) is 0 Å². The van der Waals surface area contributed by atoms with Crippen LogP contribution in [0.3, 0.4) is 0 Å². The van der Waals surface area contributed by atoms with E-state index < -0.39 is 0 Å². The summed E-state index contributed by atoms with van der Waals surface area (Å²) in [5, 5.41) is 0. The third-order valence-corrected chi connectivity index (χ3v) is 2.70. The second kappa shape index (κ2) is 5.54. The summed E-state index contributed by atoms with van der Waals surface area (Å²) in [6.45, 7) is 4.82. The van der Waals surface area contributed by atoms with Gasteiger partial charge in [0.05, 0.1) is 24.2 Å². The summed E-state index contributed by atoms with van der Waals surface area (Å²) < 4.78 is 5.75. The topological polar surface area (TPSA) is 48.1 Å². The van der Waals surface area contributed by atoms with Crippen molar-refractivity contribution >= 4 is 5.69 Å². The molecule has 0 radical (unpaired) electrons. The number of anilines is 1. The minimum Gasteiger partial charge on any atom is -0.493 e. The maximum Gasteiger partial charge on any atom is 0.128 e. The van der Waals surface area contributed by atoms with E-state index in [0.717, 1.165) is 29.0 Å². The summed E-state index contributed by atoms with van der Waals surface area (Å²) >= 11 is 0. The second-order valence-corrected chi connectivity index (χ2v) is 4.28. The summed E-state index contributed by atoms with van der Waals surface area (Å²) in [6, 6.07) is 9.89. The molecule has 1 aromatic heterocycles. The van der Waals surface area contributed by atoms with Crippen molar-refractivity contribution in [3.05, 3.63) is 42.1 Å². The zero-order valence-electron chi connectivity index (χ0n) is 10.8. The minimum absolute atomic E-state index is 0.684. The van der Waals surface area contributed by atoms with E-state index in [0.29, 0.717) is 12.3 Å². The lowest BCUT2D eigenvalue weighted by atomic mass is 10.1. The second-order valence-electron chi connectivity index (χ2n) is 4.28. The van der Waals surface area contributed by atoms with E-state index in [-0.39, 0.29) is 0 Å². The number of pyridine rings is 1. The Hall–Kier alpha value is -2.03. The van der Waals surface area contributed by atoms with Crippen molar-refractivity contribution in [2.75, 3.05) is 12.3 Å². The summed E-state index contributed by atoms with van der Waals surface area (Å²) in [5.74, 6) is 0.875. The molecule has 0 saturated carbocycles. The first-order valence-electron chi connectivity index (χ1n) is 6.16. The predicted octanol–water partition coefficient (Wildman–Crippen LogP) is 3.43. The maximum atomic E-state index is 5.75. The number of hydrogen-bond acceptors (Lipinski definition) is 3. The molecular formula is C15H18N2O. The van der Waals surface area contributed by atoms with Gasteiger partial charge in [-0.1, -0.05) is 19.1 Å². The Morgan fingerprint density at radius 2 is 2.06 bits per heavy atom. The number of rotatable bonds is 4. The quantitative estimate of drug-likeness (QED) is 0.893. The zero-order chi connectivity index (χ0) is 13.0. The van der Waals surface area contributed by atoms with Gasteiger partial charge < -0.3 is 10.5 Å². The third kappa shape index (κ3) is 2.62. The number of aryl methyl sites for hydroxylation is 1. The molecule has 1 aromatic carbocycles. The highest BCUT2D eigenvalue weighted by atomic mass is 16.5. The van der Waals surface area contributed by atoms with Crippen LogP contribution in [0.5, 0.6) is 5.75 Å². The van der Waals surface area contributed by atoms with Crippen LogP contribution in [0.4, 0.5) is 5.69 Å². The normalized spacial score (nSPS) is 10.3. The summed E-state index contributed by atoms with van der Waals surface area (Å²) in [4.78, 5) is 4.41. The van der Waals surface area contributed by atoms with Crippen LogP contribution < -0.4 is 10.5 Å². The number of aromatic nitrogens is 1. The first-order chi connectivity index (χ1) is 8.72. The molecule has 2 rings (SSSR count). The van der Waals surface area contributed by atoms with Crippen LogP contribution in [0, 0.1) is 6.92 Å². The van der Waals surface area contributed by atoms with Crippen molar-refractivity contribution in [1.29, 1.82) is 0 Å². The van der Waals surface area contributed by atoms with Crippen LogP contribution in [-0.2, 0) is 0 Å². The van der Waals surface area contributed by atoms with Crippen molar-refractivity contribution in [2.45, 2.75) is 20.3 Å². The Balaban J connectivity index is 2.43. The molecule has 0 fully saturated rings. The molecule has 1 heterocycles. The van der Waals surface area contributed by atoms with E-state index in [1.165, 1.54) is 0 Å². The van der Waals surface area contributed by atoms with Crippen molar-refractivity contribution in [3.8, 4) is 17.0 Å². The van der Waals surface area contributed by atoms with E-state index >= 15 is 0 Å². The first-order valence-corrected chi connectivity index (χ1v) is 6.16. The molecule has 2 N–H and O–H groups in total. The zero-order valence-corrected chi connectivity index (χ0v) is 10.8. The Bertz CT molecular complexity index is 538. The van der Waals surface area contributed by atoms with Gasteiger partial charge in [-0.15, -0.1) is 0 Å². The van der Waals surface area contributed by atoms with E-state index in [9.17, 15) is 0 Å². The fraction of sp³-hybridized carbons (Fsp3) is 0.267. The average molecular weight is 242 g/mol. The SMILES string of the molecule is CCCOc1ccccc1-c1ncc(N)cc1C. The number of nitrogens with two attached hydrogens (primary N) is 1. The van der Waals surface area contributed by atoms with Gasteiger partial charge >= 0.3 is 0 Å². The first kappa shape index (κ1) is 12.4. The Labute approximate surface area is 108 Å². The number of hydrogen-bond donors (Lipinski definition) is 1. The fourth-order valence-corrected chi connectivity index (χ4v) is 1.88. The van der Waals surface area contributed by atoms with Crippen LogP contribution in [0.25, 0.3) is 11.3 Å². The Kier molecular flexibility index (Phi) is 3.82. The van der Waals surface area contributed by atoms with Crippen LogP contribution in [0.1, 0.15) is 18.9 Å². The summed E-state index contributed by atoms with van der Waals surface area (Å²) in [7, 11) is 0. The predicted molar refractivity (Wildman–Crippen MR) is 74.6 cm³/mol. The van der Waals surface area contributed by atoms with Gasteiger partial charge in [0.25, 0.3) is 0 Å². The fourth-order valence-electron chi connectivity index (χ4n) is 1.88.